The van der Waals surface area contributed by atoms with Crippen molar-refractivity contribution < 1.29 is 24.0 Å². The number of hydrogen-bond acceptors (Lipinski definition) is 4. The molecule has 2 aromatic rings. The van der Waals surface area contributed by atoms with E-state index in [1.807, 2.05) is 37.3 Å². The summed E-state index contributed by atoms with van der Waals surface area (Å²) in [5.41, 5.74) is 0.467. The third-order valence-corrected chi connectivity index (χ3v) is 6.77. The molecule has 0 radical (unpaired) electrons. The van der Waals surface area contributed by atoms with E-state index in [1.165, 1.54) is 4.90 Å². The molecule has 0 bridgehead atoms. The van der Waals surface area contributed by atoms with Gasteiger partial charge in [0.25, 0.3) is 5.91 Å². The number of amides is 1. The lowest BCUT2D eigenvalue weighted by molar-refractivity contribution is -0.937. The first-order valence-corrected chi connectivity index (χ1v) is 11.2. The number of nitrogens with one attached hydrogen (secondary N) is 2. The summed E-state index contributed by atoms with van der Waals surface area (Å²) in [5, 5.41) is 14.4. The van der Waals surface area contributed by atoms with E-state index in [0.717, 1.165) is 55.7 Å². The fraction of sp³-hybridized carbons (Fsp3) is 0.542. The molecule has 1 aliphatic heterocycles. The summed E-state index contributed by atoms with van der Waals surface area (Å²) in [6, 6.07) is 11.9. The maximum Gasteiger partial charge on any atom is 0.275 e. The summed E-state index contributed by atoms with van der Waals surface area (Å²) in [6.45, 7) is 4.12. The lowest BCUT2D eigenvalue weighted by Gasteiger charge is -2.50. The molecule has 1 unspecified atom stereocenters. The van der Waals surface area contributed by atoms with Crippen LogP contribution in [0.4, 0.5) is 0 Å². The molecule has 2 aliphatic rings. The lowest BCUT2D eigenvalue weighted by Crippen LogP contribution is -3.16. The van der Waals surface area contributed by atoms with Gasteiger partial charge in [0.2, 0.25) is 0 Å². The molecule has 4 atom stereocenters. The second-order valence-electron chi connectivity index (χ2n) is 8.60. The average molecular weight is 414 g/mol. The molecular formula is C24H33N2O4+. The number of carbonyl (C=O) groups excluding carboxylic acids is 1. The molecule has 1 aliphatic carbocycles. The molecule has 30 heavy (non-hydrogen) atoms. The molecule has 2 heterocycles. The minimum absolute atomic E-state index is 0.00143. The van der Waals surface area contributed by atoms with Crippen LogP contribution in [0.2, 0.25) is 0 Å². The van der Waals surface area contributed by atoms with E-state index in [4.69, 9.17) is 9.15 Å². The summed E-state index contributed by atoms with van der Waals surface area (Å²) in [5.74, 6) is 1.75. The Morgan fingerprint density at radius 3 is 2.93 bits per heavy atom. The largest absolute Gasteiger partial charge is 0.493 e. The van der Waals surface area contributed by atoms with Crippen LogP contribution in [0.1, 0.15) is 56.4 Å². The van der Waals surface area contributed by atoms with Crippen molar-refractivity contribution in [3.63, 3.8) is 0 Å². The van der Waals surface area contributed by atoms with Crippen LogP contribution in [0.3, 0.4) is 0 Å². The topological polar surface area (TPSA) is 76.1 Å². The van der Waals surface area contributed by atoms with Crippen LogP contribution in [0, 0.1) is 5.92 Å². The fourth-order valence-electron chi connectivity index (χ4n) is 5.38. The first-order valence-electron chi connectivity index (χ1n) is 11.2. The number of benzene rings is 1. The highest BCUT2D eigenvalue weighted by atomic mass is 16.5. The maximum absolute atomic E-state index is 12.8. The molecular weight excluding hydrogens is 380 g/mol. The smallest absolute Gasteiger partial charge is 0.275 e. The number of aliphatic hydroxyl groups is 1. The van der Waals surface area contributed by atoms with Crippen LogP contribution in [0.15, 0.2) is 47.1 Å². The molecule has 4 rings (SSSR count). The summed E-state index contributed by atoms with van der Waals surface area (Å²) in [6.07, 6.45) is 6.39. The first-order chi connectivity index (χ1) is 14.6. The van der Waals surface area contributed by atoms with E-state index in [0.29, 0.717) is 19.7 Å². The molecule has 1 aromatic carbocycles. The van der Waals surface area contributed by atoms with Crippen LogP contribution >= 0.6 is 0 Å². The standard InChI is InChI=1S/C24H32N2O4/c1-2-29-21-11-4-3-9-19(21)23-20-10-5-6-12-24(20,28)13-14-26(23)17-22(27)25-16-18-8-7-15-30-18/h3-4,7-9,11,15,20,23,28H,2,5-6,10,12-14,16-17H2,1H3,(H,25,27)/p+1/t20-,23+,24-/m1/s1. The summed E-state index contributed by atoms with van der Waals surface area (Å²) < 4.78 is 11.3. The minimum atomic E-state index is -0.642. The highest BCUT2D eigenvalue weighted by Crippen LogP contribution is 2.45. The molecule has 1 aromatic heterocycles. The van der Waals surface area contributed by atoms with E-state index in [1.54, 1.807) is 6.26 Å². The number of carbonyl (C=O) groups is 1. The van der Waals surface area contributed by atoms with Gasteiger partial charge in [-0.25, -0.2) is 0 Å². The van der Waals surface area contributed by atoms with Crippen molar-refractivity contribution in [2.24, 2.45) is 5.92 Å². The number of para-hydroxylation sites is 1. The number of rotatable bonds is 7. The predicted molar refractivity (Wildman–Crippen MR) is 113 cm³/mol. The van der Waals surface area contributed by atoms with Gasteiger partial charge in [0.05, 0.1) is 37.1 Å². The van der Waals surface area contributed by atoms with Crippen molar-refractivity contribution in [1.82, 2.24) is 5.32 Å². The van der Waals surface area contributed by atoms with Crippen molar-refractivity contribution >= 4 is 5.91 Å². The van der Waals surface area contributed by atoms with Gasteiger partial charge in [-0.3, -0.25) is 4.79 Å². The second-order valence-corrected chi connectivity index (χ2v) is 8.60. The van der Waals surface area contributed by atoms with Gasteiger partial charge in [0, 0.05) is 12.3 Å². The summed E-state index contributed by atoms with van der Waals surface area (Å²) >= 11 is 0. The van der Waals surface area contributed by atoms with Crippen molar-refractivity contribution in [2.45, 2.75) is 57.2 Å². The van der Waals surface area contributed by atoms with Gasteiger partial charge in [-0.2, -0.15) is 0 Å². The van der Waals surface area contributed by atoms with E-state index in [9.17, 15) is 9.90 Å². The van der Waals surface area contributed by atoms with E-state index in [2.05, 4.69) is 11.4 Å². The van der Waals surface area contributed by atoms with Crippen LogP contribution in [0.5, 0.6) is 5.75 Å². The Morgan fingerprint density at radius 1 is 1.27 bits per heavy atom. The molecule has 3 N–H and O–H groups in total. The number of furan rings is 1. The first kappa shape index (κ1) is 20.9. The third kappa shape index (κ3) is 4.40. The van der Waals surface area contributed by atoms with Gasteiger partial charge < -0.3 is 24.5 Å². The number of fused-ring (bicyclic) bond motifs is 1. The Labute approximate surface area is 178 Å². The normalized spacial score (nSPS) is 28.5. The maximum atomic E-state index is 12.8. The molecule has 6 heteroatoms. The van der Waals surface area contributed by atoms with E-state index < -0.39 is 5.60 Å². The lowest BCUT2D eigenvalue weighted by atomic mass is 9.66. The highest BCUT2D eigenvalue weighted by Gasteiger charge is 2.52. The molecule has 0 spiro atoms. The second kappa shape index (κ2) is 9.23. The number of piperidine rings is 1. The molecule has 162 valence electrons. The van der Waals surface area contributed by atoms with Crippen LogP contribution in [0.25, 0.3) is 0 Å². The monoisotopic (exact) mass is 413 g/mol. The minimum Gasteiger partial charge on any atom is -0.493 e. The summed E-state index contributed by atoms with van der Waals surface area (Å²) in [7, 11) is 0. The highest BCUT2D eigenvalue weighted by molar-refractivity contribution is 5.76. The summed E-state index contributed by atoms with van der Waals surface area (Å²) in [4.78, 5) is 14.0. The molecule has 1 saturated carbocycles. The molecule has 2 fully saturated rings. The zero-order valence-corrected chi connectivity index (χ0v) is 17.7. The Kier molecular flexibility index (Phi) is 6.44. The molecule has 1 amide bonds. The quantitative estimate of drug-likeness (QED) is 0.651. The van der Waals surface area contributed by atoms with Gasteiger partial charge in [0.15, 0.2) is 6.54 Å². The Balaban J connectivity index is 1.57. The van der Waals surface area contributed by atoms with Gasteiger partial charge in [-0.1, -0.05) is 25.0 Å². The van der Waals surface area contributed by atoms with Gasteiger partial charge in [0.1, 0.15) is 17.6 Å². The van der Waals surface area contributed by atoms with Gasteiger partial charge in [-0.05, 0) is 44.0 Å². The fourth-order valence-corrected chi connectivity index (χ4v) is 5.38. The number of hydrogen-bond donors (Lipinski definition) is 3. The van der Waals surface area contributed by atoms with Gasteiger partial charge >= 0.3 is 0 Å². The van der Waals surface area contributed by atoms with E-state index in [-0.39, 0.29) is 17.9 Å². The number of ether oxygens (including phenoxy) is 1. The van der Waals surface area contributed by atoms with Crippen LogP contribution < -0.4 is 15.0 Å². The Hall–Kier alpha value is -2.31. The van der Waals surface area contributed by atoms with Crippen LogP contribution in [-0.4, -0.2) is 36.3 Å². The zero-order valence-electron chi connectivity index (χ0n) is 17.7. The predicted octanol–water partition coefficient (Wildman–Crippen LogP) is 2.25. The number of quaternary nitrogens is 1. The zero-order chi connectivity index (χ0) is 21.0. The molecule has 6 nitrogen and oxygen atoms in total. The third-order valence-electron chi connectivity index (χ3n) is 6.77. The van der Waals surface area contributed by atoms with Crippen molar-refractivity contribution in [3.8, 4) is 5.75 Å². The Morgan fingerprint density at radius 2 is 2.13 bits per heavy atom. The Bertz CT molecular complexity index is 837. The molecule has 1 saturated heterocycles. The number of likely N-dealkylation sites (tertiary alicyclic amines) is 1. The SMILES string of the molecule is CCOc1ccccc1[C@H]1[C@H]2CCCC[C@@]2(O)CC[NH+]1CC(=O)NCc1ccco1. The van der Waals surface area contributed by atoms with Crippen molar-refractivity contribution in [1.29, 1.82) is 0 Å². The van der Waals surface area contributed by atoms with Gasteiger partial charge in [-0.15, -0.1) is 0 Å². The van der Waals surface area contributed by atoms with E-state index >= 15 is 0 Å². The average Bonchev–Trinajstić information content (AvgIpc) is 3.27. The van der Waals surface area contributed by atoms with Crippen LogP contribution in [-0.2, 0) is 11.3 Å². The van der Waals surface area contributed by atoms with Crippen molar-refractivity contribution in [3.05, 3.63) is 54.0 Å². The van der Waals surface area contributed by atoms with Crippen molar-refractivity contribution in [2.75, 3.05) is 19.7 Å².